The van der Waals surface area contributed by atoms with Gasteiger partial charge in [-0.05, 0) is 36.2 Å². The van der Waals surface area contributed by atoms with Crippen LogP contribution >= 0.6 is 22.9 Å². The van der Waals surface area contributed by atoms with E-state index in [-0.39, 0.29) is 0 Å². The molecule has 1 aromatic heterocycles. The molecule has 0 unspecified atom stereocenters. The number of halogens is 1. The standard InChI is InChI=1S/C12H9ClOS/c1-8-6-11(7-14)15-12(8)9-2-4-10(13)5-3-9/h2-7H,1H3. The molecule has 0 bridgehead atoms. The van der Waals surface area contributed by atoms with Crippen molar-refractivity contribution < 1.29 is 4.79 Å². The van der Waals surface area contributed by atoms with E-state index in [4.69, 9.17) is 11.6 Å². The lowest BCUT2D eigenvalue weighted by Gasteiger charge is -1.99. The van der Waals surface area contributed by atoms with Gasteiger partial charge in [0.25, 0.3) is 0 Å². The van der Waals surface area contributed by atoms with Crippen LogP contribution in [0, 0.1) is 6.92 Å². The first-order valence-electron chi connectivity index (χ1n) is 4.52. The number of aldehydes is 1. The molecule has 1 aromatic carbocycles. The van der Waals surface area contributed by atoms with Gasteiger partial charge in [0.15, 0.2) is 6.29 Å². The average Bonchev–Trinajstić information content (AvgIpc) is 2.61. The minimum absolute atomic E-state index is 0.726. The monoisotopic (exact) mass is 236 g/mol. The summed E-state index contributed by atoms with van der Waals surface area (Å²) in [6, 6.07) is 9.56. The third kappa shape index (κ3) is 2.11. The van der Waals surface area contributed by atoms with E-state index in [9.17, 15) is 4.79 Å². The summed E-state index contributed by atoms with van der Waals surface area (Å²) in [6.07, 6.45) is 0.886. The van der Waals surface area contributed by atoms with Crippen molar-refractivity contribution >= 4 is 29.2 Å². The number of benzene rings is 1. The Bertz CT molecular complexity index is 485. The van der Waals surface area contributed by atoms with Crippen LogP contribution in [0.2, 0.25) is 5.02 Å². The second-order valence-electron chi connectivity index (χ2n) is 3.29. The van der Waals surface area contributed by atoms with E-state index < -0.39 is 0 Å². The van der Waals surface area contributed by atoms with Gasteiger partial charge >= 0.3 is 0 Å². The van der Waals surface area contributed by atoms with Gasteiger partial charge in [0.1, 0.15) is 0 Å². The summed E-state index contributed by atoms with van der Waals surface area (Å²) in [7, 11) is 0. The first-order chi connectivity index (χ1) is 7.20. The normalized spacial score (nSPS) is 10.3. The molecule has 15 heavy (non-hydrogen) atoms. The first kappa shape index (κ1) is 10.4. The van der Waals surface area contributed by atoms with Crippen LogP contribution in [0.1, 0.15) is 15.2 Å². The van der Waals surface area contributed by atoms with Crippen molar-refractivity contribution in [2.45, 2.75) is 6.92 Å². The van der Waals surface area contributed by atoms with Crippen LogP contribution < -0.4 is 0 Å². The van der Waals surface area contributed by atoms with Crippen molar-refractivity contribution in [3.8, 4) is 10.4 Å². The van der Waals surface area contributed by atoms with Crippen LogP contribution in [0.25, 0.3) is 10.4 Å². The van der Waals surface area contributed by atoms with Crippen molar-refractivity contribution in [3.63, 3.8) is 0 Å². The highest BCUT2D eigenvalue weighted by atomic mass is 35.5. The number of carbonyl (C=O) groups excluding carboxylic acids is 1. The quantitative estimate of drug-likeness (QED) is 0.715. The van der Waals surface area contributed by atoms with Gasteiger partial charge in [0.2, 0.25) is 0 Å². The minimum Gasteiger partial charge on any atom is -0.297 e. The van der Waals surface area contributed by atoms with Crippen LogP contribution in [0.5, 0.6) is 0 Å². The Kier molecular flexibility index (Phi) is 2.89. The van der Waals surface area contributed by atoms with Gasteiger partial charge in [0.05, 0.1) is 4.88 Å². The van der Waals surface area contributed by atoms with Crippen molar-refractivity contribution in [2.24, 2.45) is 0 Å². The van der Waals surface area contributed by atoms with Gasteiger partial charge in [-0.2, -0.15) is 0 Å². The van der Waals surface area contributed by atoms with E-state index in [0.717, 1.165) is 32.2 Å². The molecule has 0 amide bonds. The summed E-state index contributed by atoms with van der Waals surface area (Å²) in [5.41, 5.74) is 2.24. The van der Waals surface area contributed by atoms with Gasteiger partial charge in [-0.1, -0.05) is 23.7 Å². The molecule has 1 heterocycles. The van der Waals surface area contributed by atoms with Crippen LogP contribution in [0.15, 0.2) is 30.3 Å². The molecule has 0 aliphatic rings. The molecule has 0 aliphatic carbocycles. The molecule has 0 spiro atoms. The van der Waals surface area contributed by atoms with Crippen molar-refractivity contribution in [2.75, 3.05) is 0 Å². The van der Waals surface area contributed by atoms with Gasteiger partial charge < -0.3 is 0 Å². The number of hydrogen-bond acceptors (Lipinski definition) is 2. The van der Waals surface area contributed by atoms with Crippen LogP contribution in [-0.4, -0.2) is 6.29 Å². The fourth-order valence-corrected chi connectivity index (χ4v) is 2.57. The molecule has 0 aliphatic heterocycles. The molecule has 0 saturated heterocycles. The highest BCUT2D eigenvalue weighted by Crippen LogP contribution is 2.32. The molecule has 0 saturated carbocycles. The highest BCUT2D eigenvalue weighted by molar-refractivity contribution is 7.17. The Morgan fingerprint density at radius 1 is 1.27 bits per heavy atom. The molecule has 0 N–H and O–H groups in total. The molecular formula is C12H9ClOS. The summed E-state index contributed by atoms with van der Waals surface area (Å²) >= 11 is 7.33. The van der Waals surface area contributed by atoms with Crippen molar-refractivity contribution in [3.05, 3.63) is 45.8 Å². The number of thiophene rings is 1. The Morgan fingerprint density at radius 2 is 1.93 bits per heavy atom. The third-order valence-corrected chi connectivity index (χ3v) is 3.62. The van der Waals surface area contributed by atoms with E-state index in [2.05, 4.69) is 0 Å². The van der Waals surface area contributed by atoms with E-state index in [1.807, 2.05) is 37.3 Å². The van der Waals surface area contributed by atoms with Crippen molar-refractivity contribution in [1.82, 2.24) is 0 Å². The SMILES string of the molecule is Cc1cc(C=O)sc1-c1ccc(Cl)cc1. The van der Waals surface area contributed by atoms with Gasteiger partial charge in [-0.3, -0.25) is 4.79 Å². The van der Waals surface area contributed by atoms with Gasteiger partial charge in [0, 0.05) is 9.90 Å². The summed E-state index contributed by atoms with van der Waals surface area (Å²) in [5.74, 6) is 0. The number of aryl methyl sites for hydroxylation is 1. The first-order valence-corrected chi connectivity index (χ1v) is 5.71. The number of rotatable bonds is 2. The smallest absolute Gasteiger partial charge is 0.160 e. The lowest BCUT2D eigenvalue weighted by atomic mass is 10.1. The predicted octanol–water partition coefficient (Wildman–Crippen LogP) is 4.19. The van der Waals surface area contributed by atoms with Crippen molar-refractivity contribution in [1.29, 1.82) is 0 Å². The van der Waals surface area contributed by atoms with Crippen LogP contribution in [0.4, 0.5) is 0 Å². The largest absolute Gasteiger partial charge is 0.297 e. The lowest BCUT2D eigenvalue weighted by molar-refractivity contribution is 0.112. The molecule has 1 nitrogen and oxygen atoms in total. The molecule has 76 valence electrons. The third-order valence-electron chi connectivity index (χ3n) is 2.16. The number of carbonyl (C=O) groups is 1. The van der Waals surface area contributed by atoms with E-state index in [0.29, 0.717) is 0 Å². The topological polar surface area (TPSA) is 17.1 Å². The fourth-order valence-electron chi connectivity index (χ4n) is 1.45. The maximum absolute atomic E-state index is 10.6. The second kappa shape index (κ2) is 4.17. The second-order valence-corrected chi connectivity index (χ2v) is 4.81. The summed E-state index contributed by atoms with van der Waals surface area (Å²) in [4.78, 5) is 12.5. The molecular weight excluding hydrogens is 228 g/mol. The zero-order valence-electron chi connectivity index (χ0n) is 8.16. The zero-order valence-corrected chi connectivity index (χ0v) is 9.73. The predicted molar refractivity (Wildman–Crippen MR) is 64.9 cm³/mol. The minimum atomic E-state index is 0.726. The average molecular weight is 237 g/mol. The van der Waals surface area contributed by atoms with E-state index in [1.165, 1.54) is 11.3 Å². The van der Waals surface area contributed by atoms with Gasteiger partial charge in [-0.25, -0.2) is 0 Å². The molecule has 0 fully saturated rings. The maximum Gasteiger partial charge on any atom is 0.160 e. The summed E-state index contributed by atoms with van der Waals surface area (Å²) < 4.78 is 0. The van der Waals surface area contributed by atoms with Crippen LogP contribution in [-0.2, 0) is 0 Å². The fraction of sp³-hybridized carbons (Fsp3) is 0.0833. The zero-order chi connectivity index (χ0) is 10.8. The molecule has 3 heteroatoms. The summed E-state index contributed by atoms with van der Waals surface area (Å²) in [5, 5.41) is 0.726. The molecule has 2 aromatic rings. The Morgan fingerprint density at radius 3 is 2.47 bits per heavy atom. The van der Waals surface area contributed by atoms with Crippen LogP contribution in [0.3, 0.4) is 0 Å². The highest BCUT2D eigenvalue weighted by Gasteiger charge is 2.06. The lowest BCUT2D eigenvalue weighted by Crippen LogP contribution is -1.74. The Hall–Kier alpha value is -1.12. The Labute approximate surface area is 97.3 Å². The molecule has 0 radical (unpaired) electrons. The molecule has 2 rings (SSSR count). The molecule has 0 atom stereocenters. The van der Waals surface area contributed by atoms with E-state index >= 15 is 0 Å². The van der Waals surface area contributed by atoms with E-state index in [1.54, 1.807) is 0 Å². The summed E-state index contributed by atoms with van der Waals surface area (Å²) in [6.45, 7) is 2.01. The Balaban J connectivity index is 2.48. The van der Waals surface area contributed by atoms with Gasteiger partial charge in [-0.15, -0.1) is 11.3 Å². The maximum atomic E-state index is 10.6. The number of hydrogen-bond donors (Lipinski definition) is 0.